The molecule has 6 heteroatoms. The van der Waals surface area contributed by atoms with E-state index < -0.39 is 0 Å². The molecule has 0 aromatic heterocycles. The molecule has 0 bridgehead atoms. The maximum Gasteiger partial charge on any atom is 0 e. The summed E-state index contributed by atoms with van der Waals surface area (Å²) < 4.78 is 0. The summed E-state index contributed by atoms with van der Waals surface area (Å²) >= 11 is 0. The van der Waals surface area contributed by atoms with Crippen molar-refractivity contribution in [3.63, 3.8) is 0 Å². The van der Waals surface area contributed by atoms with Crippen LogP contribution in [0.5, 0.6) is 0 Å². The van der Waals surface area contributed by atoms with Gasteiger partial charge in [-0.3, -0.25) is 6.07 Å². The Kier molecular flexibility index (Phi) is 87.9. The normalized spacial score (nSPS) is 6.19. The Labute approximate surface area is 285 Å². The molecule has 0 aliphatic rings. The molecule has 106 valence electrons. The number of hydrogen-bond donors (Lipinski definition) is 0. The van der Waals surface area contributed by atoms with E-state index in [-0.39, 0.29) is 204 Å². The molecule has 1 aromatic carbocycles. The first-order valence-corrected chi connectivity index (χ1v) is 5.59. The second-order valence-corrected chi connectivity index (χ2v) is 3.34. The van der Waals surface area contributed by atoms with Crippen LogP contribution in [0.2, 0.25) is 0 Å². The largest absolute Gasteiger partial charge is 0.371 e. The Balaban J connectivity index is -0.0000000300. The van der Waals surface area contributed by atoms with Crippen molar-refractivity contribution in [2.75, 3.05) is 0 Å². The topological polar surface area (TPSA) is 0 Å². The fraction of sp³-hybridized carbons (Fsp3) is 0.467. The molecule has 0 saturated carbocycles. The van der Waals surface area contributed by atoms with Crippen LogP contribution in [0.1, 0.15) is 58.1 Å². The predicted octanol–water partition coefficient (Wildman–Crippen LogP) is 5.03. The number of hydrogen-bond acceptors (Lipinski definition) is 0. The van der Waals surface area contributed by atoms with Gasteiger partial charge in [-0.25, -0.2) is 0 Å². The molecule has 0 aliphatic heterocycles. The van der Waals surface area contributed by atoms with Crippen LogP contribution in [-0.2, 0) is 196 Å². The van der Waals surface area contributed by atoms with E-state index in [0.717, 1.165) is 6.42 Å². The van der Waals surface area contributed by atoms with Crippen molar-refractivity contribution in [3.05, 3.63) is 49.2 Å². The predicted molar refractivity (Wildman–Crippen MR) is 70.8 cm³/mol. The van der Waals surface area contributed by atoms with Crippen molar-refractivity contribution < 1.29 is 196 Å². The first-order chi connectivity index (χ1) is 6.74. The van der Waals surface area contributed by atoms with Crippen LogP contribution in [0.4, 0.5) is 0 Å². The maximum atomic E-state index is 3.26. The molecule has 0 saturated heterocycles. The Morgan fingerprint density at radius 1 is 0.952 bits per heavy atom. The van der Waals surface area contributed by atoms with Gasteiger partial charge in [-0.05, 0) is 5.92 Å². The molecular formula is C15H25Y6-3. The van der Waals surface area contributed by atoms with Crippen molar-refractivity contribution in [1.82, 2.24) is 0 Å². The molecule has 0 fully saturated rings. The summed E-state index contributed by atoms with van der Waals surface area (Å²) in [5.41, 5.74) is 2.57. The zero-order valence-electron chi connectivity index (χ0n) is 14.6. The fourth-order valence-corrected chi connectivity index (χ4v) is 1.15. The van der Waals surface area contributed by atoms with Crippen LogP contribution in [0.15, 0.2) is 18.2 Å². The van der Waals surface area contributed by atoms with E-state index in [1.807, 2.05) is 13.8 Å². The molecule has 0 aliphatic carbocycles. The van der Waals surface area contributed by atoms with Gasteiger partial charge in [-0.1, -0.05) is 40.2 Å². The van der Waals surface area contributed by atoms with E-state index in [9.17, 15) is 0 Å². The zero-order valence-corrected chi connectivity index (χ0v) is 31.6. The van der Waals surface area contributed by atoms with Crippen LogP contribution < -0.4 is 0 Å². The first kappa shape index (κ1) is 50.4. The molecule has 1 aromatic rings. The Morgan fingerprint density at radius 3 is 1.62 bits per heavy atom. The molecule has 0 unspecified atom stereocenters. The average molecular weight is 739 g/mol. The maximum absolute atomic E-state index is 3.26. The molecule has 1 rings (SSSR count). The summed E-state index contributed by atoms with van der Waals surface area (Å²) in [7, 11) is 0. The van der Waals surface area contributed by atoms with Crippen molar-refractivity contribution >= 4 is 0 Å². The number of rotatable bonds is 3. The number of benzene rings is 1. The monoisotopic (exact) mass is 739 g/mol. The molecule has 0 spiro atoms. The van der Waals surface area contributed by atoms with E-state index in [4.69, 9.17) is 0 Å². The molecule has 0 heterocycles. The minimum atomic E-state index is 0. The summed E-state index contributed by atoms with van der Waals surface area (Å²) in [4.78, 5) is 0. The standard InChI is InChI=1S/C12H16.C2H6.CH3.6Y/c1-4-5-11-6-8-12(9-7-11)10(2)3;1-2;;;;;;;/h5-6,8-10H,4H2,1-3H3;1-2H3;1H3;;;;;;/q-2;;-1;;;;;;. The van der Waals surface area contributed by atoms with Gasteiger partial charge in [-0.2, -0.15) is 12.1 Å². The van der Waals surface area contributed by atoms with Gasteiger partial charge in [0.15, 0.2) is 0 Å². The van der Waals surface area contributed by atoms with Crippen molar-refractivity contribution in [3.8, 4) is 0 Å². The van der Waals surface area contributed by atoms with Gasteiger partial charge >= 0.3 is 0 Å². The Hall–Kier alpha value is 5.71. The van der Waals surface area contributed by atoms with Gasteiger partial charge in [-0.15, -0.1) is 6.42 Å². The van der Waals surface area contributed by atoms with Gasteiger partial charge < -0.3 is 25.5 Å². The Bertz CT molecular complexity index is 236. The summed E-state index contributed by atoms with van der Waals surface area (Å²) in [6.45, 7) is 10.5. The molecule has 0 amide bonds. The minimum absolute atomic E-state index is 0. The third-order valence-electron chi connectivity index (χ3n) is 1.95. The molecule has 0 nitrogen and oxygen atoms in total. The fourth-order valence-electron chi connectivity index (χ4n) is 1.15. The third kappa shape index (κ3) is 28.0. The van der Waals surface area contributed by atoms with Crippen LogP contribution >= 0.6 is 0 Å². The Morgan fingerprint density at radius 2 is 1.38 bits per heavy atom. The SMILES string of the molecule is CC.CC[CH-]c1[c-]cc(C(C)C)cc1.[CH3-].[Y].[Y].[Y].[Y].[Y].[Y]. The van der Waals surface area contributed by atoms with E-state index in [0.29, 0.717) is 5.92 Å². The van der Waals surface area contributed by atoms with Crippen LogP contribution in [-0.4, -0.2) is 0 Å². The van der Waals surface area contributed by atoms with Gasteiger partial charge in [0.05, 0.1) is 0 Å². The quantitative estimate of drug-likeness (QED) is 0.382. The summed E-state index contributed by atoms with van der Waals surface area (Å²) in [5, 5.41) is 0. The average Bonchev–Trinajstić information content (AvgIpc) is 2.22. The van der Waals surface area contributed by atoms with Gasteiger partial charge in [0.1, 0.15) is 0 Å². The van der Waals surface area contributed by atoms with E-state index in [2.05, 4.69) is 51.5 Å². The molecule has 6 radical (unpaired) electrons. The van der Waals surface area contributed by atoms with Gasteiger partial charge in [0.2, 0.25) is 0 Å². The van der Waals surface area contributed by atoms with E-state index >= 15 is 0 Å². The van der Waals surface area contributed by atoms with Crippen molar-refractivity contribution in [2.24, 2.45) is 0 Å². The van der Waals surface area contributed by atoms with Crippen molar-refractivity contribution in [1.29, 1.82) is 0 Å². The molecule has 0 atom stereocenters. The zero-order chi connectivity index (χ0) is 11.0. The summed E-state index contributed by atoms with van der Waals surface area (Å²) in [6, 6.07) is 9.67. The van der Waals surface area contributed by atoms with E-state index in [1.165, 1.54) is 11.1 Å². The smallest absolute Gasteiger partial charge is 0 e. The molecule has 0 N–H and O–H groups in total. The first-order valence-electron chi connectivity index (χ1n) is 5.59. The van der Waals surface area contributed by atoms with Crippen molar-refractivity contribution in [2.45, 2.75) is 47.0 Å². The third-order valence-corrected chi connectivity index (χ3v) is 1.95. The summed E-state index contributed by atoms with van der Waals surface area (Å²) in [5.74, 6) is 0.608. The van der Waals surface area contributed by atoms with E-state index in [1.54, 1.807) is 0 Å². The van der Waals surface area contributed by atoms with Crippen LogP contribution in [0.25, 0.3) is 0 Å². The van der Waals surface area contributed by atoms with Crippen LogP contribution in [0.3, 0.4) is 0 Å². The van der Waals surface area contributed by atoms with Gasteiger partial charge in [0.25, 0.3) is 0 Å². The second-order valence-electron chi connectivity index (χ2n) is 3.34. The minimum Gasteiger partial charge on any atom is -0.371 e. The van der Waals surface area contributed by atoms with Crippen LogP contribution in [0, 0.1) is 19.9 Å². The summed E-state index contributed by atoms with van der Waals surface area (Å²) in [6.07, 6.45) is 3.27. The molecular weight excluding hydrogens is 714 g/mol. The second kappa shape index (κ2) is 36.6. The van der Waals surface area contributed by atoms with Gasteiger partial charge in [0, 0.05) is 196 Å². The molecule has 21 heavy (non-hydrogen) atoms.